The Bertz CT molecular complexity index is 1290. The number of nitrogens with zero attached hydrogens (tertiary/aromatic N) is 4. The Hall–Kier alpha value is -3.56. The van der Waals surface area contributed by atoms with E-state index in [0.29, 0.717) is 40.5 Å². The number of benzene rings is 2. The van der Waals surface area contributed by atoms with Crippen LogP contribution in [0.15, 0.2) is 36.4 Å². The summed E-state index contributed by atoms with van der Waals surface area (Å²) < 4.78 is 52.2. The molecular formula is C22H22F3N5O2. The molecule has 10 heteroatoms. The third-order valence-corrected chi connectivity index (χ3v) is 5.31. The summed E-state index contributed by atoms with van der Waals surface area (Å²) in [7, 11) is 3.08. The van der Waals surface area contributed by atoms with Crippen molar-refractivity contribution in [1.29, 1.82) is 0 Å². The second kappa shape index (κ2) is 8.18. The maximum atomic E-state index is 13.2. The fourth-order valence-corrected chi connectivity index (χ4v) is 3.64. The van der Waals surface area contributed by atoms with Gasteiger partial charge in [-0.15, -0.1) is 10.2 Å². The van der Waals surface area contributed by atoms with E-state index >= 15 is 0 Å². The van der Waals surface area contributed by atoms with Crippen LogP contribution in [0.25, 0.3) is 16.7 Å². The number of rotatable bonds is 6. The number of nitrogens with one attached hydrogen (secondary N) is 1. The predicted molar refractivity (Wildman–Crippen MR) is 114 cm³/mol. The van der Waals surface area contributed by atoms with Gasteiger partial charge in [-0.3, -0.25) is 4.40 Å². The highest BCUT2D eigenvalue weighted by atomic mass is 19.4. The molecule has 0 aliphatic rings. The number of aromatic nitrogens is 4. The number of methoxy groups -OCH3 is 2. The molecule has 0 aliphatic heterocycles. The zero-order chi connectivity index (χ0) is 23.0. The summed E-state index contributed by atoms with van der Waals surface area (Å²) in [5, 5.41) is 12.3. The molecule has 168 valence electrons. The van der Waals surface area contributed by atoms with Crippen LogP contribution >= 0.6 is 0 Å². The number of ether oxygens (including phenoxy) is 2. The van der Waals surface area contributed by atoms with Crippen molar-refractivity contribution in [3.8, 4) is 11.5 Å². The molecule has 7 nitrogen and oxygen atoms in total. The van der Waals surface area contributed by atoms with Crippen LogP contribution in [0, 0.1) is 0 Å². The molecule has 0 unspecified atom stereocenters. The topological polar surface area (TPSA) is 73.6 Å². The molecule has 1 N–H and O–H groups in total. The molecule has 0 saturated carbocycles. The molecule has 2 aromatic heterocycles. The number of anilines is 1. The molecule has 2 aromatic carbocycles. The summed E-state index contributed by atoms with van der Waals surface area (Å²) in [5.41, 5.74) is 0.521. The van der Waals surface area contributed by atoms with Gasteiger partial charge in [0.2, 0.25) is 0 Å². The number of fused-ring (bicyclic) bond motifs is 3. The highest BCUT2D eigenvalue weighted by molar-refractivity contribution is 5.94. The fourth-order valence-electron chi connectivity index (χ4n) is 3.64. The van der Waals surface area contributed by atoms with Gasteiger partial charge in [-0.25, -0.2) is 0 Å². The average Bonchev–Trinajstić information content (AvgIpc) is 3.20. The summed E-state index contributed by atoms with van der Waals surface area (Å²) in [6.45, 7) is 3.74. The van der Waals surface area contributed by atoms with Gasteiger partial charge in [-0.2, -0.15) is 18.2 Å². The van der Waals surface area contributed by atoms with E-state index in [-0.39, 0.29) is 0 Å². The second-order valence-electron chi connectivity index (χ2n) is 7.28. The van der Waals surface area contributed by atoms with Gasteiger partial charge < -0.3 is 14.8 Å². The van der Waals surface area contributed by atoms with Gasteiger partial charge in [0.05, 0.1) is 25.3 Å². The van der Waals surface area contributed by atoms with E-state index in [9.17, 15) is 13.2 Å². The van der Waals surface area contributed by atoms with Crippen LogP contribution in [-0.2, 0) is 12.6 Å². The molecule has 0 bridgehead atoms. The molecule has 0 aliphatic carbocycles. The van der Waals surface area contributed by atoms with Crippen LogP contribution < -0.4 is 14.8 Å². The van der Waals surface area contributed by atoms with E-state index in [2.05, 4.69) is 20.5 Å². The lowest BCUT2D eigenvalue weighted by molar-refractivity contribution is -0.137. The number of hydrogen-bond donors (Lipinski definition) is 1. The first-order valence-corrected chi connectivity index (χ1v) is 10.00. The van der Waals surface area contributed by atoms with Crippen molar-refractivity contribution in [3.05, 3.63) is 53.3 Å². The van der Waals surface area contributed by atoms with E-state index in [1.165, 1.54) is 13.2 Å². The largest absolute Gasteiger partial charge is 0.493 e. The fraction of sp³-hybridized carbons (Fsp3) is 0.318. The number of hydrogen-bond acceptors (Lipinski definition) is 6. The minimum absolute atomic E-state index is 0.375. The first kappa shape index (κ1) is 21.7. The SMILES string of the molecule is CCc1nnc2nc(N[C@H](C)c3cccc(C(F)(F)F)c3)c3cc(OC)c(OC)cc3n12. The molecule has 4 aromatic rings. The molecule has 0 spiro atoms. The summed E-state index contributed by atoms with van der Waals surface area (Å²) in [6, 6.07) is 8.35. The quantitative estimate of drug-likeness (QED) is 0.448. The molecule has 2 heterocycles. The van der Waals surface area contributed by atoms with Gasteiger partial charge >= 0.3 is 6.18 Å². The minimum Gasteiger partial charge on any atom is -0.493 e. The molecule has 32 heavy (non-hydrogen) atoms. The Morgan fingerprint density at radius 1 is 1.06 bits per heavy atom. The Morgan fingerprint density at radius 2 is 1.78 bits per heavy atom. The molecular weight excluding hydrogens is 423 g/mol. The van der Waals surface area contributed by atoms with Crippen molar-refractivity contribution in [2.24, 2.45) is 0 Å². The summed E-state index contributed by atoms with van der Waals surface area (Å²) in [4.78, 5) is 4.60. The molecule has 0 saturated heterocycles. The van der Waals surface area contributed by atoms with Crippen molar-refractivity contribution in [2.45, 2.75) is 32.5 Å². The first-order valence-electron chi connectivity index (χ1n) is 10.00. The van der Waals surface area contributed by atoms with E-state index < -0.39 is 17.8 Å². The number of aryl methyl sites for hydroxylation is 1. The van der Waals surface area contributed by atoms with Gasteiger partial charge in [0.15, 0.2) is 11.5 Å². The van der Waals surface area contributed by atoms with Crippen LogP contribution in [-0.4, -0.2) is 33.8 Å². The second-order valence-corrected chi connectivity index (χ2v) is 7.28. The molecule has 1 atom stereocenters. The molecule has 4 rings (SSSR count). The number of halogens is 3. The van der Waals surface area contributed by atoms with Crippen molar-refractivity contribution >= 4 is 22.5 Å². The summed E-state index contributed by atoms with van der Waals surface area (Å²) in [5.74, 6) is 2.58. The van der Waals surface area contributed by atoms with Gasteiger partial charge in [0.1, 0.15) is 11.6 Å². The molecule has 0 radical (unpaired) electrons. The predicted octanol–water partition coefficient (Wildman–Crippen LogP) is 5.05. The van der Waals surface area contributed by atoms with Crippen LogP contribution in [0.5, 0.6) is 11.5 Å². The number of alkyl halides is 3. The van der Waals surface area contributed by atoms with E-state index in [4.69, 9.17) is 9.47 Å². The van der Waals surface area contributed by atoms with Gasteiger partial charge in [-0.1, -0.05) is 19.1 Å². The Labute approximate surface area is 182 Å². The normalized spacial score (nSPS) is 12.8. The summed E-state index contributed by atoms with van der Waals surface area (Å²) in [6.07, 6.45) is -3.78. The maximum absolute atomic E-state index is 13.2. The smallest absolute Gasteiger partial charge is 0.416 e. The average molecular weight is 445 g/mol. The van der Waals surface area contributed by atoms with Crippen LogP contribution in [0.4, 0.5) is 19.0 Å². The Morgan fingerprint density at radius 3 is 2.44 bits per heavy atom. The van der Waals surface area contributed by atoms with Crippen LogP contribution in [0.1, 0.15) is 36.8 Å². The van der Waals surface area contributed by atoms with Gasteiger partial charge in [-0.05, 0) is 30.7 Å². The van der Waals surface area contributed by atoms with E-state index in [1.807, 2.05) is 17.4 Å². The highest BCUT2D eigenvalue weighted by Crippen LogP contribution is 2.37. The van der Waals surface area contributed by atoms with Gasteiger partial charge in [0.25, 0.3) is 5.78 Å². The van der Waals surface area contributed by atoms with Crippen molar-refractivity contribution in [3.63, 3.8) is 0 Å². The minimum atomic E-state index is -4.42. The van der Waals surface area contributed by atoms with Crippen molar-refractivity contribution in [2.75, 3.05) is 19.5 Å². The molecule has 0 amide bonds. The first-order chi connectivity index (χ1) is 15.3. The van der Waals surface area contributed by atoms with Crippen molar-refractivity contribution < 1.29 is 22.6 Å². The zero-order valence-electron chi connectivity index (χ0n) is 18.0. The van der Waals surface area contributed by atoms with Crippen LogP contribution in [0.2, 0.25) is 0 Å². The third-order valence-electron chi connectivity index (χ3n) is 5.31. The lowest BCUT2D eigenvalue weighted by Crippen LogP contribution is -2.12. The summed E-state index contributed by atoms with van der Waals surface area (Å²) >= 11 is 0. The Balaban J connectivity index is 1.86. The van der Waals surface area contributed by atoms with Crippen molar-refractivity contribution in [1.82, 2.24) is 19.6 Å². The highest BCUT2D eigenvalue weighted by Gasteiger charge is 2.30. The maximum Gasteiger partial charge on any atom is 0.416 e. The van der Waals surface area contributed by atoms with E-state index in [1.54, 1.807) is 26.2 Å². The van der Waals surface area contributed by atoms with Crippen LogP contribution in [0.3, 0.4) is 0 Å². The van der Waals surface area contributed by atoms with Gasteiger partial charge in [0, 0.05) is 23.9 Å². The van der Waals surface area contributed by atoms with E-state index in [0.717, 1.165) is 23.5 Å². The standard InChI is InChI=1S/C22H22F3N5O2/c1-5-19-28-29-21-27-20(15-10-17(31-3)18(32-4)11-16(15)30(19)21)26-12(2)13-7-6-8-14(9-13)22(23,24)25/h6-12H,5H2,1-4H3,(H,26,27,29)/t12-/m1/s1. The monoisotopic (exact) mass is 445 g/mol. The molecule has 0 fully saturated rings. The zero-order valence-corrected chi connectivity index (χ0v) is 18.0. The lowest BCUT2D eigenvalue weighted by Gasteiger charge is -2.19. The third kappa shape index (κ3) is 3.76. The lowest BCUT2D eigenvalue weighted by atomic mass is 10.0. The Kier molecular flexibility index (Phi) is 5.53.